The summed E-state index contributed by atoms with van der Waals surface area (Å²) in [7, 11) is 0. The molecule has 0 saturated heterocycles. The van der Waals surface area contributed by atoms with Crippen molar-refractivity contribution in [2.75, 3.05) is 0 Å². The third kappa shape index (κ3) is 2.83. The standard InChI is InChI=1S/C11H15F.CH4/c1-8-7-9(12)5-6-10(8)11(2,3)4;/h5-7H,1-4H3;1H4. The van der Waals surface area contributed by atoms with Gasteiger partial charge in [0.05, 0.1) is 0 Å². The second kappa shape index (κ2) is 3.91. The molecule has 1 aromatic rings. The molecule has 74 valence electrons. The number of aryl methyl sites for hydroxylation is 1. The Morgan fingerprint density at radius 3 is 2.08 bits per heavy atom. The quantitative estimate of drug-likeness (QED) is 0.567. The lowest BCUT2D eigenvalue weighted by Gasteiger charge is -2.21. The van der Waals surface area contributed by atoms with E-state index >= 15 is 0 Å². The van der Waals surface area contributed by atoms with E-state index in [1.165, 1.54) is 11.6 Å². The third-order valence-corrected chi connectivity index (χ3v) is 2.00. The molecule has 0 aromatic heterocycles. The van der Waals surface area contributed by atoms with Crippen LogP contribution in [0.1, 0.15) is 39.3 Å². The maximum absolute atomic E-state index is 12.7. The molecule has 0 unspecified atom stereocenters. The van der Waals surface area contributed by atoms with E-state index in [2.05, 4.69) is 20.8 Å². The summed E-state index contributed by atoms with van der Waals surface area (Å²) in [4.78, 5) is 0. The van der Waals surface area contributed by atoms with Crippen LogP contribution in [0.15, 0.2) is 18.2 Å². The highest BCUT2D eigenvalue weighted by Gasteiger charge is 2.15. The Balaban J connectivity index is 0.00000144. The fourth-order valence-corrected chi connectivity index (χ4v) is 1.47. The molecule has 0 radical (unpaired) electrons. The normalized spacial score (nSPS) is 10.8. The van der Waals surface area contributed by atoms with Gasteiger partial charge in [0.25, 0.3) is 0 Å². The van der Waals surface area contributed by atoms with E-state index < -0.39 is 0 Å². The summed E-state index contributed by atoms with van der Waals surface area (Å²) in [5, 5.41) is 0. The Kier molecular flexibility index (Phi) is 3.65. The average Bonchev–Trinajstić information content (AvgIpc) is 1.83. The van der Waals surface area contributed by atoms with Gasteiger partial charge >= 0.3 is 0 Å². The van der Waals surface area contributed by atoms with Gasteiger partial charge in [0, 0.05) is 0 Å². The molecule has 1 rings (SSSR count). The van der Waals surface area contributed by atoms with Crippen LogP contribution in [0.4, 0.5) is 4.39 Å². The van der Waals surface area contributed by atoms with E-state index in [1.807, 2.05) is 13.0 Å². The monoisotopic (exact) mass is 182 g/mol. The molecule has 13 heavy (non-hydrogen) atoms. The first kappa shape index (κ1) is 12.2. The van der Waals surface area contributed by atoms with Crippen molar-refractivity contribution in [1.29, 1.82) is 0 Å². The lowest BCUT2D eigenvalue weighted by atomic mass is 9.84. The van der Waals surface area contributed by atoms with Crippen molar-refractivity contribution in [2.45, 2.75) is 40.5 Å². The summed E-state index contributed by atoms with van der Waals surface area (Å²) in [6.07, 6.45) is 0. The first-order chi connectivity index (χ1) is 5.41. The SMILES string of the molecule is C.Cc1cc(F)ccc1C(C)(C)C. The number of halogens is 1. The summed E-state index contributed by atoms with van der Waals surface area (Å²) >= 11 is 0. The first-order valence-corrected chi connectivity index (χ1v) is 4.18. The van der Waals surface area contributed by atoms with Crippen LogP contribution < -0.4 is 0 Å². The highest BCUT2D eigenvalue weighted by molar-refractivity contribution is 5.31. The van der Waals surface area contributed by atoms with Gasteiger partial charge < -0.3 is 0 Å². The summed E-state index contributed by atoms with van der Waals surface area (Å²) in [6, 6.07) is 4.97. The smallest absolute Gasteiger partial charge is 0.123 e. The van der Waals surface area contributed by atoms with Crippen LogP contribution in [0, 0.1) is 12.7 Å². The molecule has 0 fully saturated rings. The van der Waals surface area contributed by atoms with E-state index in [4.69, 9.17) is 0 Å². The van der Waals surface area contributed by atoms with Gasteiger partial charge in [0.1, 0.15) is 5.82 Å². The molecule has 0 aliphatic rings. The van der Waals surface area contributed by atoms with E-state index in [0.29, 0.717) is 0 Å². The van der Waals surface area contributed by atoms with Crippen LogP contribution in [0.2, 0.25) is 0 Å². The Morgan fingerprint density at radius 2 is 1.69 bits per heavy atom. The Morgan fingerprint density at radius 1 is 1.15 bits per heavy atom. The van der Waals surface area contributed by atoms with Crippen LogP contribution in [0.25, 0.3) is 0 Å². The van der Waals surface area contributed by atoms with Gasteiger partial charge in [-0.2, -0.15) is 0 Å². The molecular weight excluding hydrogens is 163 g/mol. The fraction of sp³-hybridized carbons (Fsp3) is 0.500. The van der Waals surface area contributed by atoms with Crippen LogP contribution in [0.3, 0.4) is 0 Å². The number of hydrogen-bond donors (Lipinski definition) is 0. The fourth-order valence-electron chi connectivity index (χ4n) is 1.47. The number of benzene rings is 1. The molecule has 0 aliphatic heterocycles. The highest BCUT2D eigenvalue weighted by atomic mass is 19.1. The average molecular weight is 182 g/mol. The number of hydrogen-bond acceptors (Lipinski definition) is 0. The molecule has 0 saturated carbocycles. The molecular formula is C12H19F. The van der Waals surface area contributed by atoms with Crippen molar-refractivity contribution in [3.8, 4) is 0 Å². The van der Waals surface area contributed by atoms with Crippen molar-refractivity contribution in [3.63, 3.8) is 0 Å². The van der Waals surface area contributed by atoms with Crippen LogP contribution >= 0.6 is 0 Å². The maximum atomic E-state index is 12.7. The minimum absolute atomic E-state index is 0. The van der Waals surface area contributed by atoms with Crippen LogP contribution in [0.5, 0.6) is 0 Å². The summed E-state index contributed by atoms with van der Waals surface area (Å²) in [5.41, 5.74) is 2.35. The van der Waals surface area contributed by atoms with Crippen molar-refractivity contribution in [1.82, 2.24) is 0 Å². The van der Waals surface area contributed by atoms with E-state index in [0.717, 1.165) is 5.56 Å². The third-order valence-electron chi connectivity index (χ3n) is 2.00. The predicted molar refractivity (Wildman–Crippen MR) is 56.6 cm³/mol. The molecule has 1 aromatic carbocycles. The van der Waals surface area contributed by atoms with Gasteiger partial charge in [0.15, 0.2) is 0 Å². The zero-order valence-corrected chi connectivity index (χ0v) is 8.11. The Bertz CT molecular complexity index is 282. The van der Waals surface area contributed by atoms with Gasteiger partial charge in [-0.3, -0.25) is 0 Å². The number of rotatable bonds is 0. The van der Waals surface area contributed by atoms with Crippen molar-refractivity contribution in [3.05, 3.63) is 35.1 Å². The lowest BCUT2D eigenvalue weighted by molar-refractivity contribution is 0.578. The zero-order chi connectivity index (χ0) is 9.35. The minimum Gasteiger partial charge on any atom is -0.207 e. The van der Waals surface area contributed by atoms with Crippen LogP contribution in [-0.4, -0.2) is 0 Å². The molecule has 0 atom stereocenters. The second-order valence-electron chi connectivity index (χ2n) is 4.21. The molecule has 0 heterocycles. The van der Waals surface area contributed by atoms with Crippen molar-refractivity contribution < 1.29 is 4.39 Å². The Labute approximate surface area is 80.8 Å². The van der Waals surface area contributed by atoms with Gasteiger partial charge in [-0.1, -0.05) is 34.3 Å². The summed E-state index contributed by atoms with van der Waals surface area (Å²) in [5.74, 6) is -0.152. The van der Waals surface area contributed by atoms with Gasteiger partial charge in [-0.15, -0.1) is 0 Å². The molecule has 0 spiro atoms. The molecule has 0 N–H and O–H groups in total. The second-order valence-corrected chi connectivity index (χ2v) is 4.21. The summed E-state index contributed by atoms with van der Waals surface area (Å²) in [6.45, 7) is 8.34. The van der Waals surface area contributed by atoms with Gasteiger partial charge in [0.2, 0.25) is 0 Å². The largest absolute Gasteiger partial charge is 0.207 e. The van der Waals surface area contributed by atoms with Gasteiger partial charge in [-0.25, -0.2) is 4.39 Å². The molecule has 0 aliphatic carbocycles. The molecule has 1 heteroatoms. The molecule has 0 nitrogen and oxygen atoms in total. The topological polar surface area (TPSA) is 0 Å². The van der Waals surface area contributed by atoms with E-state index in [-0.39, 0.29) is 18.7 Å². The van der Waals surface area contributed by atoms with Crippen molar-refractivity contribution >= 4 is 0 Å². The molecule has 0 bridgehead atoms. The molecule has 0 amide bonds. The predicted octanol–water partition coefficient (Wildman–Crippen LogP) is 4.07. The Hall–Kier alpha value is -0.850. The van der Waals surface area contributed by atoms with Crippen molar-refractivity contribution in [2.24, 2.45) is 0 Å². The maximum Gasteiger partial charge on any atom is 0.123 e. The first-order valence-electron chi connectivity index (χ1n) is 4.18. The van der Waals surface area contributed by atoms with Gasteiger partial charge in [-0.05, 0) is 35.6 Å². The highest BCUT2D eigenvalue weighted by Crippen LogP contribution is 2.25. The van der Waals surface area contributed by atoms with E-state index in [9.17, 15) is 4.39 Å². The van der Waals surface area contributed by atoms with E-state index in [1.54, 1.807) is 6.07 Å². The summed E-state index contributed by atoms with van der Waals surface area (Å²) < 4.78 is 12.7. The zero-order valence-electron chi connectivity index (χ0n) is 8.11. The van der Waals surface area contributed by atoms with Crippen LogP contribution in [-0.2, 0) is 5.41 Å². The minimum atomic E-state index is -0.152. The lowest BCUT2D eigenvalue weighted by Crippen LogP contribution is -2.12.